The zero-order valence-corrected chi connectivity index (χ0v) is 7.43. The van der Waals surface area contributed by atoms with E-state index in [2.05, 4.69) is 24.5 Å². The van der Waals surface area contributed by atoms with Crippen molar-refractivity contribution >= 4 is 0 Å². The van der Waals surface area contributed by atoms with Crippen LogP contribution in [0.25, 0.3) is 0 Å². The minimum Gasteiger partial charge on any atom is -0.315 e. The molecule has 2 rings (SSSR count). The van der Waals surface area contributed by atoms with Gasteiger partial charge in [0, 0.05) is 18.6 Å². The molecule has 0 bridgehead atoms. The molecule has 64 valence electrons. The van der Waals surface area contributed by atoms with Crippen LogP contribution in [0, 0.1) is 11.8 Å². The Hall–Kier alpha value is -0.0800. The van der Waals surface area contributed by atoms with Gasteiger partial charge in [-0.3, -0.25) is 0 Å². The third kappa shape index (κ3) is 1.57. The van der Waals surface area contributed by atoms with Crippen molar-refractivity contribution in [2.45, 2.75) is 32.4 Å². The number of hydrogen-bond donors (Lipinski definition) is 2. The Morgan fingerprint density at radius 2 is 2.18 bits per heavy atom. The summed E-state index contributed by atoms with van der Waals surface area (Å²) < 4.78 is 0. The van der Waals surface area contributed by atoms with E-state index in [1.165, 1.54) is 19.5 Å². The maximum atomic E-state index is 3.61. The molecule has 1 heterocycles. The summed E-state index contributed by atoms with van der Waals surface area (Å²) >= 11 is 0. The summed E-state index contributed by atoms with van der Waals surface area (Å²) in [5.74, 6) is 2.00. The molecule has 2 nitrogen and oxygen atoms in total. The molecule has 11 heavy (non-hydrogen) atoms. The normalized spacial score (nSPS) is 42.3. The van der Waals surface area contributed by atoms with Crippen molar-refractivity contribution in [3.63, 3.8) is 0 Å². The van der Waals surface area contributed by atoms with Gasteiger partial charge in [0.15, 0.2) is 0 Å². The lowest BCUT2D eigenvalue weighted by atomic mass is 10.1. The van der Waals surface area contributed by atoms with Gasteiger partial charge in [-0.2, -0.15) is 0 Å². The van der Waals surface area contributed by atoms with Crippen molar-refractivity contribution in [1.82, 2.24) is 10.6 Å². The highest BCUT2D eigenvalue weighted by Gasteiger charge is 2.45. The molecule has 1 saturated heterocycles. The molecule has 0 unspecified atom stereocenters. The minimum atomic E-state index is 0.640. The number of fused-ring (bicyclic) bond motifs is 1. The largest absolute Gasteiger partial charge is 0.315 e. The van der Waals surface area contributed by atoms with Gasteiger partial charge >= 0.3 is 0 Å². The van der Waals surface area contributed by atoms with Crippen LogP contribution < -0.4 is 10.6 Å². The van der Waals surface area contributed by atoms with Crippen molar-refractivity contribution in [3.8, 4) is 0 Å². The van der Waals surface area contributed by atoms with E-state index in [9.17, 15) is 0 Å². The molecule has 1 aliphatic carbocycles. The summed E-state index contributed by atoms with van der Waals surface area (Å²) in [4.78, 5) is 0. The molecule has 0 amide bonds. The first-order chi connectivity index (χ1) is 5.27. The molecule has 2 heteroatoms. The van der Waals surface area contributed by atoms with E-state index in [0.717, 1.165) is 17.9 Å². The van der Waals surface area contributed by atoms with Crippen LogP contribution in [0.15, 0.2) is 0 Å². The summed E-state index contributed by atoms with van der Waals surface area (Å²) in [7, 11) is 0. The summed E-state index contributed by atoms with van der Waals surface area (Å²) in [6.45, 7) is 6.90. The Balaban J connectivity index is 1.83. The number of nitrogens with one attached hydrogen (secondary N) is 2. The van der Waals surface area contributed by atoms with Crippen molar-refractivity contribution < 1.29 is 0 Å². The number of hydrogen-bond acceptors (Lipinski definition) is 2. The molecule has 0 spiro atoms. The van der Waals surface area contributed by atoms with Crippen molar-refractivity contribution in [2.75, 3.05) is 13.1 Å². The zero-order chi connectivity index (χ0) is 7.84. The first-order valence-electron chi connectivity index (χ1n) is 4.74. The van der Waals surface area contributed by atoms with E-state index in [1.54, 1.807) is 0 Å². The fourth-order valence-electron chi connectivity index (χ4n) is 2.18. The average Bonchev–Trinajstić information content (AvgIpc) is 2.65. The van der Waals surface area contributed by atoms with Gasteiger partial charge in [0.05, 0.1) is 0 Å². The molecule has 0 radical (unpaired) electrons. The monoisotopic (exact) mass is 154 g/mol. The van der Waals surface area contributed by atoms with Gasteiger partial charge in [-0.05, 0) is 24.8 Å². The first-order valence-corrected chi connectivity index (χ1v) is 4.74. The van der Waals surface area contributed by atoms with Gasteiger partial charge < -0.3 is 10.6 Å². The van der Waals surface area contributed by atoms with Crippen molar-refractivity contribution in [3.05, 3.63) is 0 Å². The zero-order valence-electron chi connectivity index (χ0n) is 7.43. The second-order valence-corrected chi connectivity index (χ2v) is 4.25. The number of piperidine rings is 1. The molecular weight excluding hydrogens is 136 g/mol. The minimum absolute atomic E-state index is 0.640. The molecule has 0 aromatic rings. The highest BCUT2D eigenvalue weighted by atomic mass is 15.0. The highest BCUT2D eigenvalue weighted by Crippen LogP contribution is 2.42. The predicted molar refractivity (Wildman–Crippen MR) is 46.5 cm³/mol. The Bertz CT molecular complexity index is 144. The van der Waals surface area contributed by atoms with Crippen molar-refractivity contribution in [2.24, 2.45) is 11.8 Å². The first kappa shape index (κ1) is 7.56. The van der Waals surface area contributed by atoms with Gasteiger partial charge in [0.2, 0.25) is 0 Å². The summed E-state index contributed by atoms with van der Waals surface area (Å²) in [5, 5.41) is 7.08. The van der Waals surface area contributed by atoms with E-state index in [-0.39, 0.29) is 0 Å². The quantitative estimate of drug-likeness (QED) is 0.608. The molecule has 1 aliphatic heterocycles. The lowest BCUT2D eigenvalue weighted by Gasteiger charge is -2.25. The second-order valence-electron chi connectivity index (χ2n) is 4.25. The Labute approximate surface area is 68.7 Å². The fourth-order valence-corrected chi connectivity index (χ4v) is 2.18. The molecule has 2 fully saturated rings. The highest BCUT2D eigenvalue weighted by molar-refractivity contribution is 5.00. The van der Waals surface area contributed by atoms with Crippen LogP contribution in [-0.2, 0) is 0 Å². The van der Waals surface area contributed by atoms with Gasteiger partial charge in [-0.15, -0.1) is 0 Å². The Morgan fingerprint density at radius 1 is 1.36 bits per heavy atom. The van der Waals surface area contributed by atoms with Gasteiger partial charge in [0.1, 0.15) is 0 Å². The van der Waals surface area contributed by atoms with Crippen LogP contribution in [-0.4, -0.2) is 25.2 Å². The predicted octanol–water partition coefficient (Wildman–Crippen LogP) is 0.592. The molecule has 0 aromatic carbocycles. The molecule has 3 atom stereocenters. The summed E-state index contributed by atoms with van der Waals surface area (Å²) in [6.07, 6.45) is 1.46. The maximum absolute atomic E-state index is 3.61. The van der Waals surface area contributed by atoms with Gasteiger partial charge in [-0.1, -0.05) is 13.8 Å². The maximum Gasteiger partial charge on any atom is 0.0226 e. The Kier molecular flexibility index (Phi) is 1.90. The van der Waals surface area contributed by atoms with Crippen LogP contribution in [0.4, 0.5) is 0 Å². The van der Waals surface area contributed by atoms with Crippen LogP contribution in [0.1, 0.15) is 20.3 Å². The standard InChI is InChI=1S/C9H18N2/c1-6(2)11-9-5-10-4-7-3-8(7)9/h6-11H,3-5H2,1-2H3/t7-,8-,9+/m1/s1. The van der Waals surface area contributed by atoms with Crippen LogP contribution in [0.5, 0.6) is 0 Å². The van der Waals surface area contributed by atoms with Gasteiger partial charge in [-0.25, -0.2) is 0 Å². The summed E-state index contributed by atoms with van der Waals surface area (Å²) in [6, 6.07) is 1.40. The van der Waals surface area contributed by atoms with Crippen LogP contribution in [0.3, 0.4) is 0 Å². The second kappa shape index (κ2) is 2.76. The smallest absolute Gasteiger partial charge is 0.0226 e. The fraction of sp³-hybridized carbons (Fsp3) is 1.00. The van der Waals surface area contributed by atoms with E-state index in [0.29, 0.717) is 6.04 Å². The number of rotatable bonds is 2. The van der Waals surface area contributed by atoms with E-state index in [4.69, 9.17) is 0 Å². The van der Waals surface area contributed by atoms with E-state index in [1.807, 2.05) is 0 Å². The molecule has 2 N–H and O–H groups in total. The molecule has 1 saturated carbocycles. The topological polar surface area (TPSA) is 24.1 Å². The van der Waals surface area contributed by atoms with Crippen LogP contribution >= 0.6 is 0 Å². The van der Waals surface area contributed by atoms with Crippen molar-refractivity contribution in [1.29, 1.82) is 0 Å². The third-order valence-corrected chi connectivity index (χ3v) is 2.81. The molecular formula is C9H18N2. The van der Waals surface area contributed by atoms with Gasteiger partial charge in [0.25, 0.3) is 0 Å². The molecule has 0 aromatic heterocycles. The van der Waals surface area contributed by atoms with Crippen LogP contribution in [0.2, 0.25) is 0 Å². The third-order valence-electron chi connectivity index (χ3n) is 2.81. The van der Waals surface area contributed by atoms with E-state index >= 15 is 0 Å². The lowest BCUT2D eigenvalue weighted by Crippen LogP contribution is -2.47. The lowest BCUT2D eigenvalue weighted by molar-refractivity contribution is 0.349. The molecule has 2 aliphatic rings. The SMILES string of the molecule is CC(C)N[C@H]1CNC[C@H]2C[C@H]21. The summed E-state index contributed by atoms with van der Waals surface area (Å²) in [5.41, 5.74) is 0. The van der Waals surface area contributed by atoms with E-state index < -0.39 is 0 Å². The average molecular weight is 154 g/mol. The Morgan fingerprint density at radius 3 is 2.91 bits per heavy atom.